The molecule has 29 heavy (non-hydrogen) atoms. The minimum atomic E-state index is -0.314. The SMILES string of the molecule is Cc1cc(C(=O)Nc2ccccc2OC(C)C)nc(NC(C)c2ccccc2)n1. The number of amides is 1. The van der Waals surface area contributed by atoms with Crippen LogP contribution in [0, 0.1) is 6.92 Å². The highest BCUT2D eigenvalue weighted by atomic mass is 16.5. The maximum absolute atomic E-state index is 12.8. The van der Waals surface area contributed by atoms with Gasteiger partial charge in [0.2, 0.25) is 5.95 Å². The minimum Gasteiger partial charge on any atom is -0.489 e. The Kier molecular flexibility index (Phi) is 6.44. The first kappa shape index (κ1) is 20.3. The zero-order valence-corrected chi connectivity index (χ0v) is 17.1. The van der Waals surface area contributed by atoms with Crippen molar-refractivity contribution in [2.75, 3.05) is 10.6 Å². The number of carbonyl (C=O) groups is 1. The number of hydrogen-bond acceptors (Lipinski definition) is 5. The molecule has 2 aromatic carbocycles. The van der Waals surface area contributed by atoms with Crippen LogP contribution in [-0.2, 0) is 0 Å². The van der Waals surface area contributed by atoms with Crippen molar-refractivity contribution in [3.63, 3.8) is 0 Å². The number of aromatic nitrogens is 2. The summed E-state index contributed by atoms with van der Waals surface area (Å²) in [7, 11) is 0. The van der Waals surface area contributed by atoms with E-state index in [9.17, 15) is 4.79 Å². The molecular formula is C23H26N4O2. The van der Waals surface area contributed by atoms with Gasteiger partial charge in [0.05, 0.1) is 17.8 Å². The molecule has 1 unspecified atom stereocenters. The van der Waals surface area contributed by atoms with Crippen LogP contribution in [0.1, 0.15) is 48.6 Å². The van der Waals surface area contributed by atoms with E-state index in [0.29, 0.717) is 28.8 Å². The predicted molar refractivity (Wildman–Crippen MR) is 115 cm³/mol. The molecule has 2 N–H and O–H groups in total. The molecule has 0 radical (unpaired) electrons. The number of anilines is 2. The van der Waals surface area contributed by atoms with Crippen LogP contribution in [0.2, 0.25) is 0 Å². The molecule has 0 spiro atoms. The monoisotopic (exact) mass is 390 g/mol. The molecule has 1 heterocycles. The van der Waals surface area contributed by atoms with Crippen LogP contribution in [0.4, 0.5) is 11.6 Å². The van der Waals surface area contributed by atoms with Crippen LogP contribution in [-0.4, -0.2) is 22.0 Å². The van der Waals surface area contributed by atoms with Crippen LogP contribution >= 0.6 is 0 Å². The maximum Gasteiger partial charge on any atom is 0.274 e. The van der Waals surface area contributed by atoms with Crippen molar-refractivity contribution in [2.45, 2.75) is 39.8 Å². The molecular weight excluding hydrogens is 364 g/mol. The smallest absolute Gasteiger partial charge is 0.274 e. The standard InChI is InChI=1S/C23H26N4O2/c1-15(2)29-21-13-9-8-12-19(21)26-22(28)20-14-16(3)24-23(27-20)25-17(4)18-10-6-5-7-11-18/h5-15,17H,1-4H3,(H,26,28)(H,24,25,27). The molecule has 1 aromatic heterocycles. The van der Waals surface area contributed by atoms with Crippen LogP contribution in [0.25, 0.3) is 0 Å². The quantitative estimate of drug-likeness (QED) is 0.594. The Morgan fingerprint density at radius 2 is 1.66 bits per heavy atom. The van der Waals surface area contributed by atoms with Gasteiger partial charge in [-0.05, 0) is 51.5 Å². The first-order valence-corrected chi connectivity index (χ1v) is 9.66. The molecule has 0 aliphatic heterocycles. The lowest BCUT2D eigenvalue weighted by atomic mass is 10.1. The Hall–Kier alpha value is -3.41. The summed E-state index contributed by atoms with van der Waals surface area (Å²) in [6.07, 6.45) is 0.00428. The van der Waals surface area contributed by atoms with E-state index in [4.69, 9.17) is 4.74 Å². The van der Waals surface area contributed by atoms with Gasteiger partial charge in [-0.15, -0.1) is 0 Å². The highest BCUT2D eigenvalue weighted by molar-refractivity contribution is 6.03. The first-order chi connectivity index (χ1) is 13.9. The van der Waals surface area contributed by atoms with E-state index >= 15 is 0 Å². The van der Waals surface area contributed by atoms with Gasteiger partial charge >= 0.3 is 0 Å². The summed E-state index contributed by atoms with van der Waals surface area (Å²) in [5.41, 5.74) is 2.72. The summed E-state index contributed by atoms with van der Waals surface area (Å²) in [5, 5.41) is 6.16. The molecule has 0 bridgehead atoms. The van der Waals surface area contributed by atoms with E-state index in [1.54, 1.807) is 12.1 Å². The zero-order chi connectivity index (χ0) is 20.8. The van der Waals surface area contributed by atoms with Crippen LogP contribution in [0.3, 0.4) is 0 Å². The van der Waals surface area contributed by atoms with E-state index in [0.717, 1.165) is 5.56 Å². The van der Waals surface area contributed by atoms with Gasteiger partial charge in [0.25, 0.3) is 5.91 Å². The van der Waals surface area contributed by atoms with E-state index in [1.807, 2.05) is 76.2 Å². The zero-order valence-electron chi connectivity index (χ0n) is 17.1. The molecule has 0 aliphatic rings. The fraction of sp³-hybridized carbons (Fsp3) is 0.261. The summed E-state index contributed by atoms with van der Waals surface area (Å²) >= 11 is 0. The third-order valence-electron chi connectivity index (χ3n) is 4.23. The van der Waals surface area contributed by atoms with Gasteiger partial charge < -0.3 is 15.4 Å². The Labute approximate surface area is 171 Å². The van der Waals surface area contributed by atoms with E-state index < -0.39 is 0 Å². The summed E-state index contributed by atoms with van der Waals surface area (Å²) < 4.78 is 5.77. The molecule has 3 aromatic rings. The molecule has 1 amide bonds. The van der Waals surface area contributed by atoms with Gasteiger partial charge in [-0.1, -0.05) is 42.5 Å². The van der Waals surface area contributed by atoms with Gasteiger partial charge in [0.15, 0.2) is 0 Å². The van der Waals surface area contributed by atoms with Gasteiger partial charge in [-0.2, -0.15) is 0 Å². The van der Waals surface area contributed by atoms with Gasteiger partial charge in [-0.25, -0.2) is 9.97 Å². The number of benzene rings is 2. The number of ether oxygens (including phenoxy) is 1. The summed E-state index contributed by atoms with van der Waals surface area (Å²) in [5.74, 6) is 0.724. The van der Waals surface area contributed by atoms with Gasteiger partial charge in [0.1, 0.15) is 11.4 Å². The summed E-state index contributed by atoms with van der Waals surface area (Å²) in [4.78, 5) is 21.7. The Morgan fingerprint density at radius 1 is 0.966 bits per heavy atom. The van der Waals surface area contributed by atoms with Crippen molar-refractivity contribution < 1.29 is 9.53 Å². The molecule has 6 heteroatoms. The molecule has 0 saturated carbocycles. The Morgan fingerprint density at radius 3 is 2.38 bits per heavy atom. The number of rotatable bonds is 7. The van der Waals surface area contributed by atoms with Gasteiger partial charge in [0, 0.05) is 5.69 Å². The molecule has 0 saturated heterocycles. The number of aryl methyl sites for hydroxylation is 1. The van der Waals surface area contributed by atoms with Crippen molar-refractivity contribution in [1.82, 2.24) is 9.97 Å². The van der Waals surface area contributed by atoms with Crippen molar-refractivity contribution in [3.8, 4) is 5.75 Å². The van der Waals surface area contributed by atoms with Crippen LogP contribution < -0.4 is 15.4 Å². The topological polar surface area (TPSA) is 76.1 Å². The average Bonchev–Trinajstić information content (AvgIpc) is 2.69. The molecule has 0 aliphatic carbocycles. The lowest BCUT2D eigenvalue weighted by molar-refractivity contribution is 0.102. The second-order valence-corrected chi connectivity index (χ2v) is 7.11. The molecule has 6 nitrogen and oxygen atoms in total. The lowest BCUT2D eigenvalue weighted by Crippen LogP contribution is -2.18. The van der Waals surface area contributed by atoms with E-state index in [-0.39, 0.29) is 18.1 Å². The van der Waals surface area contributed by atoms with Gasteiger partial charge in [-0.3, -0.25) is 4.79 Å². The van der Waals surface area contributed by atoms with Crippen molar-refractivity contribution >= 4 is 17.5 Å². The number of hydrogen-bond donors (Lipinski definition) is 2. The largest absolute Gasteiger partial charge is 0.489 e. The second kappa shape index (κ2) is 9.19. The highest BCUT2D eigenvalue weighted by Gasteiger charge is 2.15. The summed E-state index contributed by atoms with van der Waals surface area (Å²) in [6, 6.07) is 19.0. The number of carbonyl (C=O) groups excluding carboxylic acids is 1. The van der Waals surface area contributed by atoms with Crippen molar-refractivity contribution in [1.29, 1.82) is 0 Å². The fourth-order valence-corrected chi connectivity index (χ4v) is 2.88. The van der Waals surface area contributed by atoms with Crippen molar-refractivity contribution in [3.05, 3.63) is 77.6 Å². The average molecular weight is 390 g/mol. The minimum absolute atomic E-state index is 0.00428. The molecule has 150 valence electrons. The molecule has 0 fully saturated rings. The predicted octanol–water partition coefficient (Wildman–Crippen LogP) is 5.00. The third-order valence-corrected chi connectivity index (χ3v) is 4.23. The third kappa shape index (κ3) is 5.54. The number of nitrogens with zero attached hydrogens (tertiary/aromatic N) is 2. The number of nitrogens with one attached hydrogen (secondary N) is 2. The Balaban J connectivity index is 1.78. The Bertz CT molecular complexity index is 974. The lowest BCUT2D eigenvalue weighted by Gasteiger charge is -2.16. The van der Waals surface area contributed by atoms with Crippen LogP contribution in [0.5, 0.6) is 5.75 Å². The second-order valence-electron chi connectivity index (χ2n) is 7.11. The van der Waals surface area contributed by atoms with Crippen LogP contribution in [0.15, 0.2) is 60.7 Å². The molecule has 3 rings (SSSR count). The first-order valence-electron chi connectivity index (χ1n) is 9.66. The summed E-state index contributed by atoms with van der Waals surface area (Å²) in [6.45, 7) is 7.75. The normalized spacial score (nSPS) is 11.8. The fourth-order valence-electron chi connectivity index (χ4n) is 2.88. The van der Waals surface area contributed by atoms with Crippen molar-refractivity contribution in [2.24, 2.45) is 0 Å². The van der Waals surface area contributed by atoms with E-state index in [2.05, 4.69) is 20.6 Å². The highest BCUT2D eigenvalue weighted by Crippen LogP contribution is 2.25. The maximum atomic E-state index is 12.8. The number of para-hydroxylation sites is 2. The molecule has 1 atom stereocenters. The van der Waals surface area contributed by atoms with E-state index in [1.165, 1.54) is 0 Å².